The van der Waals surface area contributed by atoms with Crippen LogP contribution in [0.25, 0.3) is 10.8 Å². The number of nitrogens with one attached hydrogen (secondary N) is 1. The summed E-state index contributed by atoms with van der Waals surface area (Å²) in [5.74, 6) is 0.446. The van der Waals surface area contributed by atoms with E-state index >= 15 is 4.39 Å². The molecule has 5 nitrogen and oxygen atoms in total. The fourth-order valence-electron chi connectivity index (χ4n) is 4.44. The number of halogens is 2. The van der Waals surface area contributed by atoms with Gasteiger partial charge in [0.15, 0.2) is 0 Å². The molecular weight excluding hydrogens is 393 g/mol. The van der Waals surface area contributed by atoms with E-state index in [1.165, 1.54) is 0 Å². The largest absolute Gasteiger partial charge is 0.377 e. The lowest BCUT2D eigenvalue weighted by molar-refractivity contribution is -0.143. The Morgan fingerprint density at radius 3 is 2.72 bits per heavy atom. The van der Waals surface area contributed by atoms with Crippen LogP contribution in [0, 0.1) is 5.92 Å². The number of hydrogen-bond acceptors (Lipinski definition) is 4. The summed E-state index contributed by atoms with van der Waals surface area (Å²) in [4.78, 5) is 18.6. The van der Waals surface area contributed by atoms with Crippen LogP contribution in [0.15, 0.2) is 24.4 Å². The summed E-state index contributed by atoms with van der Waals surface area (Å²) in [7, 11) is 0. The van der Waals surface area contributed by atoms with Gasteiger partial charge in [-0.1, -0.05) is 11.6 Å². The van der Waals surface area contributed by atoms with Gasteiger partial charge in [0.25, 0.3) is 0 Å². The van der Waals surface area contributed by atoms with Gasteiger partial charge in [-0.15, -0.1) is 0 Å². The van der Waals surface area contributed by atoms with E-state index in [1.54, 1.807) is 6.20 Å². The Morgan fingerprint density at radius 2 is 2.07 bits per heavy atom. The van der Waals surface area contributed by atoms with Crippen molar-refractivity contribution < 1.29 is 13.9 Å². The Balaban J connectivity index is 1.38. The molecule has 0 unspecified atom stereocenters. The third-order valence-corrected chi connectivity index (χ3v) is 6.89. The topological polar surface area (TPSA) is 54.5 Å². The Morgan fingerprint density at radius 1 is 1.28 bits per heavy atom. The highest BCUT2D eigenvalue weighted by Crippen LogP contribution is 2.40. The maximum absolute atomic E-state index is 15.2. The molecule has 0 bridgehead atoms. The van der Waals surface area contributed by atoms with E-state index in [0.717, 1.165) is 42.1 Å². The van der Waals surface area contributed by atoms with Gasteiger partial charge < -0.3 is 10.1 Å². The Hall–Kier alpha value is -1.76. The number of piperidine rings is 1. The van der Waals surface area contributed by atoms with Crippen molar-refractivity contribution in [3.8, 4) is 0 Å². The Kier molecular flexibility index (Phi) is 4.76. The molecule has 29 heavy (non-hydrogen) atoms. The third kappa shape index (κ3) is 3.62. The first-order valence-corrected chi connectivity index (χ1v) is 10.7. The van der Waals surface area contributed by atoms with E-state index in [1.807, 2.05) is 18.2 Å². The summed E-state index contributed by atoms with van der Waals surface area (Å²) in [6.07, 6.45) is 3.34. The lowest BCUT2D eigenvalue weighted by Gasteiger charge is -2.50. The maximum atomic E-state index is 15.2. The van der Waals surface area contributed by atoms with Crippen LogP contribution in [0.3, 0.4) is 0 Å². The molecule has 1 saturated carbocycles. The molecule has 2 aromatic rings. The molecule has 2 atom stereocenters. The molecule has 3 aliphatic rings. The van der Waals surface area contributed by atoms with Crippen molar-refractivity contribution in [3.05, 3.63) is 35.0 Å². The number of carbonyl (C=O) groups is 1. The monoisotopic (exact) mass is 417 g/mol. The van der Waals surface area contributed by atoms with E-state index in [9.17, 15) is 4.79 Å². The molecule has 2 aliphatic heterocycles. The van der Waals surface area contributed by atoms with Gasteiger partial charge in [-0.05, 0) is 61.9 Å². The van der Waals surface area contributed by atoms with E-state index in [4.69, 9.17) is 16.3 Å². The second-order valence-corrected chi connectivity index (χ2v) is 9.31. The molecule has 1 N–H and O–H groups in total. The highest BCUT2D eigenvalue weighted by molar-refractivity contribution is 6.32. The SMILES string of the molecule is CC1(N2CC[C@@H](c3cc4cc(NC(=O)C5CC5)ncc4cc3Cl)[C@@H](F)C2)COC1. The van der Waals surface area contributed by atoms with Gasteiger partial charge >= 0.3 is 0 Å². The standard InChI is InChI=1S/C22H25ClFN3O2/c1-22(11-29-12-22)27-5-4-16(19(24)10-27)17-6-14-8-20(26-21(28)13-2-3-13)25-9-15(14)7-18(17)23/h6-9,13,16,19H,2-5,10-12H2,1H3,(H,25,26,28)/t16-,19-/m0/s1. The van der Waals surface area contributed by atoms with Gasteiger partial charge in [-0.25, -0.2) is 9.37 Å². The minimum absolute atomic E-state index is 0.0238. The average molecular weight is 418 g/mol. The number of hydrogen-bond donors (Lipinski definition) is 1. The summed E-state index contributed by atoms with van der Waals surface area (Å²) in [6.45, 7) is 4.71. The second kappa shape index (κ2) is 7.18. The van der Waals surface area contributed by atoms with Crippen molar-refractivity contribution in [2.75, 3.05) is 31.6 Å². The van der Waals surface area contributed by atoms with E-state index in [0.29, 0.717) is 30.6 Å². The number of rotatable bonds is 4. The summed E-state index contributed by atoms with van der Waals surface area (Å²) in [5.41, 5.74) is 0.801. The van der Waals surface area contributed by atoms with Gasteiger partial charge in [0.1, 0.15) is 12.0 Å². The number of ether oxygens (including phenoxy) is 1. The fourth-order valence-corrected chi connectivity index (χ4v) is 4.75. The lowest BCUT2D eigenvalue weighted by atomic mass is 9.84. The number of anilines is 1. The molecule has 1 aromatic carbocycles. The highest BCUT2D eigenvalue weighted by atomic mass is 35.5. The molecule has 1 aliphatic carbocycles. The van der Waals surface area contributed by atoms with Gasteiger partial charge in [-0.3, -0.25) is 9.69 Å². The highest BCUT2D eigenvalue weighted by Gasteiger charge is 2.44. The summed E-state index contributed by atoms with van der Waals surface area (Å²) >= 11 is 6.54. The number of nitrogens with zero attached hydrogens (tertiary/aromatic N) is 2. The van der Waals surface area contributed by atoms with Crippen molar-refractivity contribution in [2.24, 2.45) is 5.92 Å². The Labute approximate surface area is 174 Å². The number of likely N-dealkylation sites (tertiary alicyclic amines) is 1. The second-order valence-electron chi connectivity index (χ2n) is 8.90. The first-order chi connectivity index (χ1) is 13.9. The molecule has 1 aromatic heterocycles. The molecule has 0 spiro atoms. The van der Waals surface area contributed by atoms with Crippen LogP contribution in [-0.2, 0) is 9.53 Å². The zero-order chi connectivity index (χ0) is 20.2. The first-order valence-electron chi connectivity index (χ1n) is 10.3. The molecule has 0 radical (unpaired) electrons. The van der Waals surface area contributed by atoms with Crippen LogP contribution in [0.5, 0.6) is 0 Å². The van der Waals surface area contributed by atoms with Crippen molar-refractivity contribution in [2.45, 2.75) is 43.8 Å². The van der Waals surface area contributed by atoms with Gasteiger partial charge in [0.2, 0.25) is 5.91 Å². The minimum atomic E-state index is -0.980. The number of pyridine rings is 1. The van der Waals surface area contributed by atoms with Crippen LogP contribution < -0.4 is 5.32 Å². The molecule has 3 fully saturated rings. The minimum Gasteiger partial charge on any atom is -0.377 e. The van der Waals surface area contributed by atoms with Crippen molar-refractivity contribution in [1.29, 1.82) is 0 Å². The van der Waals surface area contributed by atoms with Gasteiger partial charge in [-0.2, -0.15) is 0 Å². The zero-order valence-corrected chi connectivity index (χ0v) is 17.2. The average Bonchev–Trinajstić information content (AvgIpc) is 3.51. The van der Waals surface area contributed by atoms with Crippen LogP contribution in [0.2, 0.25) is 5.02 Å². The molecule has 1 amide bonds. The number of carbonyl (C=O) groups excluding carboxylic acids is 1. The van der Waals surface area contributed by atoms with E-state index in [2.05, 4.69) is 22.1 Å². The molecular formula is C22H25ClFN3O2. The molecule has 5 rings (SSSR count). The molecule has 2 saturated heterocycles. The van der Waals surface area contributed by atoms with Crippen molar-refractivity contribution >= 4 is 34.1 Å². The summed E-state index contributed by atoms with van der Waals surface area (Å²) < 4.78 is 20.5. The number of amides is 1. The number of alkyl halides is 1. The predicted octanol–water partition coefficient (Wildman–Crippen LogP) is 4.15. The quantitative estimate of drug-likeness (QED) is 0.811. The molecule has 154 valence electrons. The van der Waals surface area contributed by atoms with Crippen LogP contribution in [0.4, 0.5) is 10.2 Å². The van der Waals surface area contributed by atoms with Crippen LogP contribution in [0.1, 0.15) is 37.7 Å². The smallest absolute Gasteiger partial charge is 0.228 e. The fraction of sp³-hybridized carbons (Fsp3) is 0.545. The van der Waals surface area contributed by atoms with Crippen LogP contribution >= 0.6 is 11.6 Å². The number of fused-ring (bicyclic) bond motifs is 1. The van der Waals surface area contributed by atoms with Crippen molar-refractivity contribution in [3.63, 3.8) is 0 Å². The van der Waals surface area contributed by atoms with Gasteiger partial charge in [0.05, 0.1) is 18.8 Å². The number of benzene rings is 1. The predicted molar refractivity (Wildman–Crippen MR) is 111 cm³/mol. The zero-order valence-electron chi connectivity index (χ0n) is 16.5. The molecule has 3 heterocycles. The van der Waals surface area contributed by atoms with Gasteiger partial charge in [0, 0.05) is 35.0 Å². The Bertz CT molecular complexity index is 960. The summed E-state index contributed by atoms with van der Waals surface area (Å²) in [5, 5.41) is 5.26. The van der Waals surface area contributed by atoms with Crippen LogP contribution in [-0.4, -0.2) is 53.8 Å². The first kappa shape index (κ1) is 19.2. The third-order valence-electron chi connectivity index (χ3n) is 6.57. The van der Waals surface area contributed by atoms with E-state index < -0.39 is 6.17 Å². The maximum Gasteiger partial charge on any atom is 0.228 e. The summed E-state index contributed by atoms with van der Waals surface area (Å²) in [6, 6.07) is 5.67. The lowest BCUT2D eigenvalue weighted by Crippen LogP contribution is -2.63. The van der Waals surface area contributed by atoms with Crippen molar-refractivity contribution in [1.82, 2.24) is 9.88 Å². The normalized spacial score (nSPS) is 26.9. The number of aromatic nitrogens is 1. The molecule has 7 heteroatoms. The van der Waals surface area contributed by atoms with E-state index in [-0.39, 0.29) is 23.3 Å².